The van der Waals surface area contributed by atoms with Crippen molar-refractivity contribution in [2.75, 3.05) is 12.0 Å². The fraction of sp³-hybridized carbons (Fsp3) is 0.273. The van der Waals surface area contributed by atoms with Crippen LogP contribution in [0.4, 0.5) is 5.69 Å². The third-order valence-electron chi connectivity index (χ3n) is 5.43. The minimum Gasteiger partial charge on any atom is -0.497 e. The van der Waals surface area contributed by atoms with Crippen molar-refractivity contribution in [3.63, 3.8) is 0 Å². The second-order valence-corrected chi connectivity index (χ2v) is 8.12. The van der Waals surface area contributed by atoms with E-state index in [1.165, 1.54) is 0 Å². The van der Waals surface area contributed by atoms with E-state index in [1.54, 1.807) is 18.9 Å². The van der Waals surface area contributed by atoms with Gasteiger partial charge in [-0.15, -0.1) is 0 Å². The predicted molar refractivity (Wildman–Crippen MR) is 109 cm³/mol. The molecule has 2 aliphatic heterocycles. The molecule has 0 spiro atoms. The van der Waals surface area contributed by atoms with Crippen LogP contribution < -0.4 is 9.64 Å². The highest BCUT2D eigenvalue weighted by molar-refractivity contribution is 8.14. The molecule has 4 nitrogen and oxygen atoms in total. The zero-order valence-corrected chi connectivity index (χ0v) is 16.2. The quantitative estimate of drug-likeness (QED) is 0.737. The number of aryl methyl sites for hydroxylation is 1. The van der Waals surface area contributed by atoms with Gasteiger partial charge < -0.3 is 9.64 Å². The molecule has 136 valence electrons. The summed E-state index contributed by atoms with van der Waals surface area (Å²) in [6.07, 6.45) is 2.38. The predicted octanol–water partition coefficient (Wildman–Crippen LogP) is 5.03. The lowest BCUT2D eigenvalue weighted by atomic mass is 9.84. The summed E-state index contributed by atoms with van der Waals surface area (Å²) in [5.41, 5.74) is 5.25. The van der Waals surface area contributed by atoms with Gasteiger partial charge in [0.2, 0.25) is 0 Å². The van der Waals surface area contributed by atoms with Crippen molar-refractivity contribution in [2.45, 2.75) is 37.1 Å². The number of ether oxygens (including phenoxy) is 1. The second kappa shape index (κ2) is 6.27. The Hall–Kier alpha value is -2.53. The Morgan fingerprint density at radius 3 is 2.78 bits per heavy atom. The molecule has 0 aromatic heterocycles. The van der Waals surface area contributed by atoms with Gasteiger partial charge in [0.25, 0.3) is 0 Å². The molecule has 5 rings (SSSR count). The molecular formula is C22H20N2O2S. The van der Waals surface area contributed by atoms with Crippen LogP contribution >= 0.6 is 11.8 Å². The van der Waals surface area contributed by atoms with Crippen molar-refractivity contribution >= 4 is 28.4 Å². The first kappa shape index (κ1) is 16.6. The summed E-state index contributed by atoms with van der Waals surface area (Å²) in [7, 11) is 1.69. The Kier molecular flexibility index (Phi) is 3.86. The van der Waals surface area contributed by atoms with Crippen molar-refractivity contribution in [1.29, 1.82) is 0 Å². The van der Waals surface area contributed by atoms with Crippen molar-refractivity contribution < 1.29 is 9.53 Å². The van der Waals surface area contributed by atoms with Crippen LogP contribution in [0.1, 0.15) is 36.4 Å². The number of benzene rings is 2. The number of allylic oxidation sites excluding steroid dienone is 1. The Morgan fingerprint density at radius 2 is 2.00 bits per heavy atom. The molecule has 1 aliphatic carbocycles. The van der Waals surface area contributed by atoms with E-state index in [4.69, 9.17) is 9.73 Å². The van der Waals surface area contributed by atoms with Gasteiger partial charge >= 0.3 is 0 Å². The van der Waals surface area contributed by atoms with Crippen molar-refractivity contribution in [1.82, 2.24) is 0 Å². The number of amidine groups is 1. The molecule has 0 amide bonds. The number of fused-ring (bicyclic) bond motifs is 3. The maximum Gasteiger partial charge on any atom is 0.174 e. The number of anilines is 1. The number of Topliss-reactive ketones (excluding diaryl/α,β-unsaturated/α-hetero) is 1. The highest BCUT2D eigenvalue weighted by Crippen LogP contribution is 2.53. The molecule has 1 unspecified atom stereocenters. The number of ketones is 1. The zero-order valence-electron chi connectivity index (χ0n) is 15.4. The molecule has 5 heteroatoms. The topological polar surface area (TPSA) is 41.9 Å². The Bertz CT molecular complexity index is 1010. The summed E-state index contributed by atoms with van der Waals surface area (Å²) in [6.45, 7) is 2.10. The number of hydrogen-bond donors (Lipinski definition) is 0. The number of hydrogen-bond acceptors (Lipinski definition) is 5. The molecular weight excluding hydrogens is 356 g/mol. The van der Waals surface area contributed by atoms with Crippen LogP contribution in [-0.2, 0) is 4.79 Å². The van der Waals surface area contributed by atoms with Crippen molar-refractivity contribution in [2.24, 2.45) is 4.99 Å². The number of rotatable bonds is 2. The Morgan fingerprint density at radius 1 is 1.19 bits per heavy atom. The van der Waals surface area contributed by atoms with Crippen molar-refractivity contribution in [3.8, 4) is 5.75 Å². The molecule has 27 heavy (non-hydrogen) atoms. The summed E-state index contributed by atoms with van der Waals surface area (Å²) >= 11 is 1.67. The van der Waals surface area contributed by atoms with Gasteiger partial charge in [0, 0.05) is 16.9 Å². The fourth-order valence-corrected chi connectivity index (χ4v) is 5.43. The maximum absolute atomic E-state index is 12.9. The standard InChI is InChI=1S/C22H20N2O2S/c1-13-11-15(26-2)12-18-20(13)24-21(14-7-4-3-5-8-14)19-16(23-22(24)27-18)9-6-10-17(19)25/h3-5,7-8,11-12,21H,6,9-10H2,1-2H3. The monoisotopic (exact) mass is 376 g/mol. The molecule has 0 saturated heterocycles. The molecule has 2 aromatic rings. The average molecular weight is 376 g/mol. The minimum absolute atomic E-state index is 0.109. The zero-order chi connectivity index (χ0) is 18.5. The number of methoxy groups -OCH3 is 1. The summed E-state index contributed by atoms with van der Waals surface area (Å²) in [5.74, 6) is 1.08. The lowest BCUT2D eigenvalue weighted by Gasteiger charge is -2.37. The molecule has 0 saturated carbocycles. The third kappa shape index (κ3) is 2.52. The van der Waals surface area contributed by atoms with Gasteiger partial charge in [-0.3, -0.25) is 4.79 Å². The second-order valence-electron chi connectivity index (χ2n) is 7.11. The number of aliphatic imine (C=N–C) groups is 1. The van der Waals surface area contributed by atoms with E-state index in [0.717, 1.165) is 56.7 Å². The summed E-state index contributed by atoms with van der Waals surface area (Å²) in [5, 5.41) is 0.962. The van der Waals surface area contributed by atoms with E-state index >= 15 is 0 Å². The van der Waals surface area contributed by atoms with E-state index in [9.17, 15) is 4.79 Å². The summed E-state index contributed by atoms with van der Waals surface area (Å²) < 4.78 is 5.46. The lowest BCUT2D eigenvalue weighted by Crippen LogP contribution is -2.38. The van der Waals surface area contributed by atoms with Gasteiger partial charge in [-0.25, -0.2) is 4.99 Å². The van der Waals surface area contributed by atoms with Crippen LogP contribution in [0.25, 0.3) is 0 Å². The van der Waals surface area contributed by atoms with Crippen LogP contribution in [0.3, 0.4) is 0 Å². The van der Waals surface area contributed by atoms with Crippen LogP contribution in [0.5, 0.6) is 5.75 Å². The molecule has 1 atom stereocenters. The van der Waals surface area contributed by atoms with E-state index < -0.39 is 0 Å². The molecule has 2 aromatic carbocycles. The van der Waals surface area contributed by atoms with E-state index in [1.807, 2.05) is 18.2 Å². The van der Waals surface area contributed by atoms with Gasteiger partial charge in [-0.1, -0.05) is 30.3 Å². The van der Waals surface area contributed by atoms with E-state index in [0.29, 0.717) is 6.42 Å². The molecule has 0 bridgehead atoms. The average Bonchev–Trinajstić information content (AvgIpc) is 3.05. The van der Waals surface area contributed by atoms with Gasteiger partial charge in [0.15, 0.2) is 11.0 Å². The van der Waals surface area contributed by atoms with Crippen molar-refractivity contribution in [3.05, 3.63) is 64.9 Å². The Labute approximate surface area is 162 Å². The smallest absolute Gasteiger partial charge is 0.174 e. The Balaban J connectivity index is 1.74. The maximum atomic E-state index is 12.9. The highest BCUT2D eigenvalue weighted by atomic mass is 32.2. The van der Waals surface area contributed by atoms with Crippen LogP contribution in [0.15, 0.2) is 63.6 Å². The molecule has 0 radical (unpaired) electrons. The minimum atomic E-state index is -0.109. The molecule has 0 N–H and O–H groups in total. The SMILES string of the molecule is COc1cc(C)c2c(c1)SC1=NC3=C(C(=O)CCC3)C(c3ccccc3)N12. The fourth-order valence-electron chi connectivity index (χ4n) is 4.25. The van der Waals surface area contributed by atoms with Gasteiger partial charge in [0.05, 0.1) is 24.5 Å². The molecule has 3 aliphatic rings. The first-order valence-corrected chi connectivity index (χ1v) is 10.0. The number of carbonyl (C=O) groups is 1. The van der Waals surface area contributed by atoms with Crippen LogP contribution in [0, 0.1) is 6.92 Å². The largest absolute Gasteiger partial charge is 0.497 e. The van der Waals surface area contributed by atoms with Crippen LogP contribution in [-0.4, -0.2) is 18.1 Å². The lowest BCUT2D eigenvalue weighted by molar-refractivity contribution is -0.116. The first-order chi connectivity index (χ1) is 13.2. The van der Waals surface area contributed by atoms with E-state index in [-0.39, 0.29) is 11.8 Å². The van der Waals surface area contributed by atoms with E-state index in [2.05, 4.69) is 36.1 Å². The van der Waals surface area contributed by atoms with Gasteiger partial charge in [-0.2, -0.15) is 0 Å². The van der Waals surface area contributed by atoms with Gasteiger partial charge in [-0.05, 0) is 54.8 Å². The highest BCUT2D eigenvalue weighted by Gasteiger charge is 2.43. The summed E-state index contributed by atoms with van der Waals surface area (Å²) in [4.78, 5) is 21.2. The normalized spacial score (nSPS) is 20.8. The third-order valence-corrected chi connectivity index (χ3v) is 6.43. The number of carbonyl (C=O) groups excluding carboxylic acids is 1. The number of thioether (sulfide) groups is 1. The van der Waals surface area contributed by atoms with Gasteiger partial charge in [0.1, 0.15) is 5.75 Å². The first-order valence-electron chi connectivity index (χ1n) is 9.23. The molecule has 2 heterocycles. The van der Waals surface area contributed by atoms with Crippen LogP contribution in [0.2, 0.25) is 0 Å². The molecule has 0 fully saturated rings. The number of nitrogens with zero attached hydrogens (tertiary/aromatic N) is 2. The summed E-state index contributed by atoms with van der Waals surface area (Å²) in [6, 6.07) is 14.3.